The molecular weight excluding hydrogens is 294 g/mol. The predicted octanol–water partition coefficient (Wildman–Crippen LogP) is 3.71. The zero-order chi connectivity index (χ0) is 13.0. The fourth-order valence-electron chi connectivity index (χ4n) is 1.62. The number of carbonyl (C=O) groups excluding carboxylic acids is 1. The van der Waals surface area contributed by atoms with Gasteiger partial charge in [0.05, 0.1) is 17.1 Å². The maximum Gasteiger partial charge on any atom is 0.259 e. The van der Waals surface area contributed by atoms with Crippen molar-refractivity contribution in [2.24, 2.45) is 0 Å². The Morgan fingerprint density at radius 2 is 1.83 bits per heavy atom. The summed E-state index contributed by atoms with van der Waals surface area (Å²) in [5.41, 5.74) is 1.25. The minimum Gasteiger partial charge on any atom is -0.495 e. The number of para-hydroxylation sites is 2. The van der Waals surface area contributed by atoms with E-state index in [0.717, 1.165) is 10.2 Å². The summed E-state index contributed by atoms with van der Waals surface area (Å²) in [5, 5.41) is 2.82. The van der Waals surface area contributed by atoms with Crippen molar-refractivity contribution in [3.8, 4) is 5.75 Å². The normalized spacial score (nSPS) is 9.89. The SMILES string of the molecule is COc1c(Br)cccc1C(=O)Nc1ccccc1. The van der Waals surface area contributed by atoms with E-state index >= 15 is 0 Å². The first-order valence-corrected chi connectivity index (χ1v) is 6.20. The van der Waals surface area contributed by atoms with Crippen molar-refractivity contribution in [3.63, 3.8) is 0 Å². The van der Waals surface area contributed by atoms with Crippen LogP contribution in [0.15, 0.2) is 53.0 Å². The van der Waals surface area contributed by atoms with Crippen LogP contribution in [0.4, 0.5) is 5.69 Å². The van der Waals surface area contributed by atoms with Crippen molar-refractivity contribution in [3.05, 3.63) is 58.6 Å². The number of nitrogens with one attached hydrogen (secondary N) is 1. The third kappa shape index (κ3) is 2.71. The molecule has 2 rings (SSSR count). The standard InChI is InChI=1S/C14H12BrNO2/c1-18-13-11(8-5-9-12(13)15)14(17)16-10-6-3-2-4-7-10/h2-9H,1H3,(H,16,17). The van der Waals surface area contributed by atoms with E-state index in [2.05, 4.69) is 21.2 Å². The van der Waals surface area contributed by atoms with E-state index in [1.807, 2.05) is 36.4 Å². The smallest absolute Gasteiger partial charge is 0.259 e. The Hall–Kier alpha value is -1.81. The van der Waals surface area contributed by atoms with Gasteiger partial charge in [-0.25, -0.2) is 0 Å². The molecule has 0 bridgehead atoms. The molecule has 1 amide bonds. The van der Waals surface area contributed by atoms with E-state index < -0.39 is 0 Å². The van der Waals surface area contributed by atoms with E-state index in [4.69, 9.17) is 4.74 Å². The fourth-order valence-corrected chi connectivity index (χ4v) is 2.14. The molecule has 0 unspecified atom stereocenters. The molecule has 0 radical (unpaired) electrons. The average molecular weight is 306 g/mol. The van der Waals surface area contributed by atoms with Crippen molar-refractivity contribution >= 4 is 27.5 Å². The molecular formula is C14H12BrNO2. The number of halogens is 1. The fraction of sp³-hybridized carbons (Fsp3) is 0.0714. The molecule has 92 valence electrons. The highest BCUT2D eigenvalue weighted by Crippen LogP contribution is 2.29. The Balaban J connectivity index is 2.27. The van der Waals surface area contributed by atoms with E-state index in [0.29, 0.717) is 11.3 Å². The summed E-state index contributed by atoms with van der Waals surface area (Å²) in [6.45, 7) is 0. The highest BCUT2D eigenvalue weighted by atomic mass is 79.9. The summed E-state index contributed by atoms with van der Waals surface area (Å²) < 4.78 is 5.98. The van der Waals surface area contributed by atoms with Gasteiger partial charge in [-0.15, -0.1) is 0 Å². The first kappa shape index (κ1) is 12.6. The molecule has 2 aromatic carbocycles. The van der Waals surface area contributed by atoms with Gasteiger partial charge in [0.2, 0.25) is 0 Å². The Labute approximate surface area is 114 Å². The lowest BCUT2D eigenvalue weighted by Crippen LogP contribution is -2.13. The lowest BCUT2D eigenvalue weighted by Gasteiger charge is -2.10. The summed E-state index contributed by atoms with van der Waals surface area (Å²) >= 11 is 3.36. The number of anilines is 1. The minimum atomic E-state index is -0.195. The summed E-state index contributed by atoms with van der Waals surface area (Å²) in [5.74, 6) is 0.338. The number of hydrogen-bond acceptors (Lipinski definition) is 2. The van der Waals surface area contributed by atoms with Crippen LogP contribution in [0, 0.1) is 0 Å². The van der Waals surface area contributed by atoms with Gasteiger partial charge in [-0.05, 0) is 40.2 Å². The van der Waals surface area contributed by atoms with Gasteiger partial charge >= 0.3 is 0 Å². The molecule has 4 heteroatoms. The molecule has 0 saturated carbocycles. The van der Waals surface area contributed by atoms with Crippen LogP contribution in [0.3, 0.4) is 0 Å². The maximum absolute atomic E-state index is 12.1. The first-order chi connectivity index (χ1) is 8.72. The van der Waals surface area contributed by atoms with Crippen molar-refractivity contribution in [2.75, 3.05) is 12.4 Å². The monoisotopic (exact) mass is 305 g/mol. The number of ether oxygens (including phenoxy) is 1. The Morgan fingerprint density at radius 1 is 1.11 bits per heavy atom. The van der Waals surface area contributed by atoms with Crippen LogP contribution in [-0.2, 0) is 0 Å². The van der Waals surface area contributed by atoms with Crippen molar-refractivity contribution in [1.29, 1.82) is 0 Å². The van der Waals surface area contributed by atoms with Gasteiger partial charge in [-0.3, -0.25) is 4.79 Å². The van der Waals surface area contributed by atoms with Gasteiger partial charge in [0.1, 0.15) is 5.75 Å². The van der Waals surface area contributed by atoms with Crippen LogP contribution < -0.4 is 10.1 Å². The first-order valence-electron chi connectivity index (χ1n) is 5.41. The van der Waals surface area contributed by atoms with E-state index in [9.17, 15) is 4.79 Å². The second-order valence-electron chi connectivity index (χ2n) is 3.64. The van der Waals surface area contributed by atoms with E-state index in [1.54, 1.807) is 19.2 Å². The Kier molecular flexibility index (Phi) is 3.99. The van der Waals surface area contributed by atoms with E-state index in [-0.39, 0.29) is 5.91 Å². The molecule has 0 aliphatic rings. The van der Waals surface area contributed by atoms with Crippen LogP contribution in [0.5, 0.6) is 5.75 Å². The lowest BCUT2D eigenvalue weighted by molar-refractivity contribution is 0.102. The van der Waals surface area contributed by atoms with Crippen LogP contribution in [0.1, 0.15) is 10.4 Å². The second kappa shape index (κ2) is 5.69. The van der Waals surface area contributed by atoms with Crippen molar-refractivity contribution in [2.45, 2.75) is 0 Å². The molecule has 0 fully saturated rings. The largest absolute Gasteiger partial charge is 0.495 e. The third-order valence-electron chi connectivity index (χ3n) is 2.45. The molecule has 0 aliphatic carbocycles. The highest BCUT2D eigenvalue weighted by molar-refractivity contribution is 9.10. The second-order valence-corrected chi connectivity index (χ2v) is 4.50. The van der Waals surface area contributed by atoms with E-state index in [1.165, 1.54) is 0 Å². The summed E-state index contributed by atoms with van der Waals surface area (Å²) in [4.78, 5) is 12.1. The zero-order valence-electron chi connectivity index (χ0n) is 9.81. The highest BCUT2D eigenvalue weighted by Gasteiger charge is 2.14. The summed E-state index contributed by atoms with van der Waals surface area (Å²) in [6.07, 6.45) is 0. The number of methoxy groups -OCH3 is 1. The zero-order valence-corrected chi connectivity index (χ0v) is 11.4. The van der Waals surface area contributed by atoms with Gasteiger partial charge in [0, 0.05) is 5.69 Å². The molecule has 0 saturated heterocycles. The number of rotatable bonds is 3. The van der Waals surface area contributed by atoms with Crippen LogP contribution in [-0.4, -0.2) is 13.0 Å². The van der Waals surface area contributed by atoms with Crippen LogP contribution in [0.25, 0.3) is 0 Å². The molecule has 0 aliphatic heterocycles. The van der Waals surface area contributed by atoms with Crippen LogP contribution in [0.2, 0.25) is 0 Å². The van der Waals surface area contributed by atoms with Gasteiger partial charge in [0.15, 0.2) is 0 Å². The molecule has 3 nitrogen and oxygen atoms in total. The Bertz CT molecular complexity index is 555. The minimum absolute atomic E-state index is 0.195. The lowest BCUT2D eigenvalue weighted by atomic mass is 10.2. The predicted molar refractivity (Wildman–Crippen MR) is 75.1 cm³/mol. The average Bonchev–Trinajstić information content (AvgIpc) is 2.39. The molecule has 2 aromatic rings. The number of amides is 1. The summed E-state index contributed by atoms with van der Waals surface area (Å²) in [7, 11) is 1.54. The third-order valence-corrected chi connectivity index (χ3v) is 3.07. The van der Waals surface area contributed by atoms with Crippen molar-refractivity contribution in [1.82, 2.24) is 0 Å². The van der Waals surface area contributed by atoms with Crippen molar-refractivity contribution < 1.29 is 9.53 Å². The van der Waals surface area contributed by atoms with Gasteiger partial charge in [-0.1, -0.05) is 24.3 Å². The topological polar surface area (TPSA) is 38.3 Å². The molecule has 0 heterocycles. The molecule has 0 atom stereocenters. The quantitative estimate of drug-likeness (QED) is 0.939. The molecule has 0 spiro atoms. The molecule has 0 aromatic heterocycles. The molecule has 1 N–H and O–H groups in total. The number of benzene rings is 2. The van der Waals surface area contributed by atoms with Gasteiger partial charge < -0.3 is 10.1 Å². The van der Waals surface area contributed by atoms with Gasteiger partial charge in [-0.2, -0.15) is 0 Å². The van der Waals surface area contributed by atoms with Crippen LogP contribution >= 0.6 is 15.9 Å². The Morgan fingerprint density at radius 3 is 2.50 bits per heavy atom. The summed E-state index contributed by atoms with van der Waals surface area (Å²) in [6, 6.07) is 14.7. The molecule has 18 heavy (non-hydrogen) atoms. The maximum atomic E-state index is 12.1. The van der Waals surface area contributed by atoms with Gasteiger partial charge in [0.25, 0.3) is 5.91 Å². The number of carbonyl (C=O) groups is 1. The number of hydrogen-bond donors (Lipinski definition) is 1.